The molecule has 0 aliphatic carbocycles. The number of aryl methyl sites for hydroxylation is 1. The van der Waals surface area contributed by atoms with Gasteiger partial charge in [0.05, 0.1) is 6.10 Å². The first kappa shape index (κ1) is 23.3. The molecule has 4 heteroatoms. The highest BCUT2D eigenvalue weighted by atomic mass is 28.4. The molecule has 1 aromatic carbocycles. The first-order chi connectivity index (χ1) is 11.7. The lowest BCUT2D eigenvalue weighted by Crippen LogP contribution is -2.44. The van der Waals surface area contributed by atoms with E-state index in [9.17, 15) is 0 Å². The van der Waals surface area contributed by atoms with Crippen LogP contribution in [-0.2, 0) is 20.4 Å². The van der Waals surface area contributed by atoms with Crippen molar-refractivity contribution in [3.63, 3.8) is 0 Å². The maximum absolute atomic E-state index is 8.12. The lowest BCUT2D eigenvalue weighted by Gasteiger charge is -2.39. The zero-order valence-corrected chi connectivity index (χ0v) is 17.5. The van der Waals surface area contributed by atoms with E-state index in [0.717, 1.165) is 25.7 Å². The zero-order chi connectivity index (χ0) is 19.3. The topological polar surface area (TPSA) is 43.4 Å². The lowest BCUT2D eigenvalue weighted by molar-refractivity contribution is -0.191. The van der Waals surface area contributed by atoms with Crippen molar-refractivity contribution in [3.05, 3.63) is 35.9 Å². The van der Waals surface area contributed by atoms with Crippen LogP contribution >= 0.6 is 0 Å². The number of rotatable bonds is 6. The molecule has 3 nitrogen and oxygen atoms in total. The number of benzene rings is 1. The fourth-order valence-electron chi connectivity index (χ4n) is 2.08. The summed E-state index contributed by atoms with van der Waals surface area (Å²) < 4.78 is 6.61. The van der Waals surface area contributed by atoms with Gasteiger partial charge in [-0.3, -0.25) is 0 Å². The molecule has 0 aliphatic heterocycles. The molecular weight excluding hydrogens is 328 g/mol. The predicted octanol–water partition coefficient (Wildman–Crippen LogP) is 5.23. The van der Waals surface area contributed by atoms with Gasteiger partial charge in [-0.1, -0.05) is 58.0 Å². The summed E-state index contributed by atoms with van der Waals surface area (Å²) in [7, 11) is -1.73. The van der Waals surface area contributed by atoms with Crippen molar-refractivity contribution in [2.24, 2.45) is 0 Å². The van der Waals surface area contributed by atoms with Crippen molar-refractivity contribution in [1.82, 2.24) is 0 Å². The number of carbonyl (C=O) groups excluding carboxylic acids is 2. The van der Waals surface area contributed by atoms with Gasteiger partial charge in [-0.05, 0) is 36.5 Å². The average Bonchev–Trinajstić information content (AvgIpc) is 2.53. The summed E-state index contributed by atoms with van der Waals surface area (Å²) in [4.78, 5) is 16.2. The average molecular weight is 361 g/mol. The van der Waals surface area contributed by atoms with Crippen molar-refractivity contribution in [2.75, 3.05) is 0 Å². The van der Waals surface area contributed by atoms with Crippen LogP contribution in [0.15, 0.2) is 30.3 Å². The van der Waals surface area contributed by atoms with Crippen LogP contribution in [0.25, 0.3) is 0 Å². The second-order valence-electron chi connectivity index (χ2n) is 7.52. The zero-order valence-electron chi connectivity index (χ0n) is 16.5. The van der Waals surface area contributed by atoms with Crippen molar-refractivity contribution < 1.29 is 14.0 Å². The van der Waals surface area contributed by atoms with Gasteiger partial charge in [-0.25, -0.2) is 0 Å². The third-order valence-corrected chi connectivity index (χ3v) is 9.03. The summed E-state index contributed by atoms with van der Waals surface area (Å²) in [6.07, 6.45) is 4.39. The monoisotopic (exact) mass is 360 g/mol. The Morgan fingerprint density at radius 3 is 2.12 bits per heavy atom. The Kier molecular flexibility index (Phi) is 11.0. The van der Waals surface area contributed by atoms with Gasteiger partial charge in [0.25, 0.3) is 0 Å². The Bertz CT molecular complexity index is 571. The van der Waals surface area contributed by atoms with Gasteiger partial charge in [0.2, 0.25) is 0 Å². The fourth-order valence-corrected chi connectivity index (χ4v) is 3.47. The van der Waals surface area contributed by atoms with E-state index in [-0.39, 0.29) is 17.3 Å². The molecule has 0 saturated heterocycles. The van der Waals surface area contributed by atoms with Crippen LogP contribution in [-0.4, -0.2) is 20.6 Å². The summed E-state index contributed by atoms with van der Waals surface area (Å²) >= 11 is 0. The van der Waals surface area contributed by atoms with E-state index in [1.165, 1.54) is 5.56 Å². The second kappa shape index (κ2) is 11.8. The van der Waals surface area contributed by atoms with Gasteiger partial charge < -0.3 is 4.43 Å². The van der Waals surface area contributed by atoms with Crippen LogP contribution in [0.5, 0.6) is 0 Å². The molecule has 0 spiro atoms. The Balaban J connectivity index is 0.00000178. The van der Waals surface area contributed by atoms with Gasteiger partial charge in [-0.15, -0.1) is 11.8 Å². The Labute approximate surface area is 154 Å². The van der Waals surface area contributed by atoms with Crippen LogP contribution in [0.4, 0.5) is 0 Å². The van der Waals surface area contributed by atoms with E-state index in [2.05, 4.69) is 83.0 Å². The quantitative estimate of drug-likeness (QED) is 0.515. The summed E-state index contributed by atoms with van der Waals surface area (Å²) in [6.45, 7) is 13.6. The van der Waals surface area contributed by atoms with Crippen LogP contribution in [0, 0.1) is 11.8 Å². The molecule has 0 unspecified atom stereocenters. The normalized spacial score (nSPS) is 12.1. The van der Waals surface area contributed by atoms with Crippen molar-refractivity contribution >= 4 is 14.5 Å². The van der Waals surface area contributed by atoms with Gasteiger partial charge in [0.15, 0.2) is 8.32 Å². The first-order valence-electron chi connectivity index (χ1n) is 8.84. The van der Waals surface area contributed by atoms with E-state index < -0.39 is 8.32 Å². The van der Waals surface area contributed by atoms with Crippen LogP contribution < -0.4 is 0 Å². The summed E-state index contributed by atoms with van der Waals surface area (Å²) in [5.41, 5.74) is 1.38. The molecule has 138 valence electrons. The largest absolute Gasteiger partial charge is 0.413 e. The van der Waals surface area contributed by atoms with Crippen molar-refractivity contribution in [2.45, 2.75) is 77.6 Å². The Morgan fingerprint density at radius 1 is 1.08 bits per heavy atom. The minimum absolute atomic E-state index is 0.246. The van der Waals surface area contributed by atoms with E-state index in [0.29, 0.717) is 0 Å². The maximum atomic E-state index is 8.12. The Hall–Kier alpha value is -1.66. The first-order valence-corrected chi connectivity index (χ1v) is 11.8. The summed E-state index contributed by atoms with van der Waals surface area (Å²) in [5, 5.41) is 0.246. The van der Waals surface area contributed by atoms with Gasteiger partial charge >= 0.3 is 6.15 Å². The highest BCUT2D eigenvalue weighted by molar-refractivity contribution is 6.74. The predicted molar refractivity (Wildman–Crippen MR) is 105 cm³/mol. The summed E-state index contributed by atoms with van der Waals surface area (Å²) in [5.74, 6) is 6.48. The standard InChI is InChI=1S/C20H32OSi.CO2/c1-7-8-10-15-19(21-22(5,6)20(2,3)4)17-16-18-13-11-9-12-14-18;2-1-3/h9,11-14,19H,7,15-17H2,1-6H3;/t19-;/m0./s1. The number of hydrogen-bond acceptors (Lipinski definition) is 3. The molecule has 0 aliphatic rings. The number of hydrogen-bond donors (Lipinski definition) is 0. The van der Waals surface area contributed by atoms with Gasteiger partial charge in [0.1, 0.15) is 0 Å². The van der Waals surface area contributed by atoms with Gasteiger partial charge in [-0.2, -0.15) is 9.59 Å². The summed E-state index contributed by atoms with van der Waals surface area (Å²) in [6, 6.07) is 10.7. The van der Waals surface area contributed by atoms with Gasteiger partial charge in [0, 0.05) is 12.8 Å². The van der Waals surface area contributed by atoms with Crippen molar-refractivity contribution in [3.8, 4) is 11.8 Å². The molecule has 0 fully saturated rings. The highest BCUT2D eigenvalue weighted by Crippen LogP contribution is 2.38. The van der Waals surface area contributed by atoms with Crippen LogP contribution in [0.2, 0.25) is 18.1 Å². The van der Waals surface area contributed by atoms with E-state index >= 15 is 0 Å². The van der Waals surface area contributed by atoms with E-state index in [1.54, 1.807) is 0 Å². The molecule has 0 radical (unpaired) electrons. The maximum Gasteiger partial charge on any atom is 0.373 e. The molecule has 25 heavy (non-hydrogen) atoms. The minimum atomic E-state index is -1.73. The molecule has 0 aromatic heterocycles. The SMILES string of the molecule is CCC#CC[C@@H](CCc1ccccc1)O[Si](C)(C)C(C)(C)C.O=C=O. The molecule has 0 N–H and O–H groups in total. The smallest absolute Gasteiger partial charge is 0.373 e. The third-order valence-electron chi connectivity index (χ3n) is 4.50. The molecule has 0 amide bonds. The van der Waals surface area contributed by atoms with Crippen molar-refractivity contribution in [1.29, 1.82) is 0 Å². The van der Waals surface area contributed by atoms with Crippen LogP contribution in [0.1, 0.15) is 52.5 Å². The molecule has 1 aromatic rings. The second-order valence-corrected chi connectivity index (χ2v) is 12.3. The minimum Gasteiger partial charge on any atom is -0.413 e. The molecule has 1 rings (SSSR count). The fraction of sp³-hybridized carbons (Fsp3) is 0.571. The molecule has 0 saturated carbocycles. The lowest BCUT2D eigenvalue weighted by atomic mass is 10.1. The Morgan fingerprint density at radius 2 is 1.64 bits per heavy atom. The van der Waals surface area contributed by atoms with Crippen LogP contribution in [0.3, 0.4) is 0 Å². The molecule has 0 bridgehead atoms. The van der Waals surface area contributed by atoms with E-state index in [4.69, 9.17) is 14.0 Å². The third kappa shape index (κ3) is 10.0. The highest BCUT2D eigenvalue weighted by Gasteiger charge is 2.38. The van der Waals surface area contributed by atoms with E-state index in [1.807, 2.05) is 0 Å². The molecule has 0 heterocycles. The molecule has 1 atom stereocenters. The molecular formula is C21H32O3Si.